The second kappa shape index (κ2) is 6.70. The van der Waals surface area contributed by atoms with Crippen LogP contribution in [0.25, 0.3) is 0 Å². The fourth-order valence-electron chi connectivity index (χ4n) is 1.67. The van der Waals surface area contributed by atoms with Crippen LogP contribution in [0.15, 0.2) is 29.2 Å². The topological polar surface area (TPSA) is 37.3 Å². The van der Waals surface area contributed by atoms with E-state index < -0.39 is 5.97 Å². The van der Waals surface area contributed by atoms with Crippen molar-refractivity contribution in [1.29, 1.82) is 0 Å². The highest BCUT2D eigenvalue weighted by Crippen LogP contribution is 2.23. The molecular formula is C14H20O2S. The van der Waals surface area contributed by atoms with Crippen molar-refractivity contribution < 1.29 is 9.90 Å². The molecule has 0 radical (unpaired) electrons. The number of hydrogen-bond donors (Lipinski definition) is 1. The Bertz CT molecular complexity index is 357. The Balaban J connectivity index is 2.64. The Labute approximate surface area is 107 Å². The van der Waals surface area contributed by atoms with Gasteiger partial charge in [-0.1, -0.05) is 32.9 Å². The van der Waals surface area contributed by atoms with E-state index in [9.17, 15) is 4.79 Å². The molecule has 3 heteroatoms. The molecule has 1 N–H and O–H groups in total. The molecule has 0 spiro atoms. The highest BCUT2D eigenvalue weighted by atomic mass is 32.2. The Hall–Kier alpha value is -0.960. The van der Waals surface area contributed by atoms with E-state index in [1.807, 2.05) is 30.8 Å². The molecule has 17 heavy (non-hydrogen) atoms. The first-order valence-corrected chi connectivity index (χ1v) is 6.89. The van der Waals surface area contributed by atoms with Gasteiger partial charge in [-0.2, -0.15) is 0 Å². The average Bonchev–Trinajstić information content (AvgIpc) is 2.26. The van der Waals surface area contributed by atoms with Crippen molar-refractivity contribution in [3.05, 3.63) is 29.8 Å². The predicted molar refractivity (Wildman–Crippen MR) is 72.6 cm³/mol. The Morgan fingerprint density at radius 2 is 1.88 bits per heavy atom. The number of aliphatic carboxylic acids is 1. The largest absolute Gasteiger partial charge is 0.481 e. The van der Waals surface area contributed by atoms with Crippen LogP contribution in [-0.4, -0.2) is 16.3 Å². The van der Waals surface area contributed by atoms with Crippen molar-refractivity contribution in [2.24, 2.45) is 5.92 Å². The molecule has 0 heterocycles. The molecular weight excluding hydrogens is 232 g/mol. The molecule has 0 fully saturated rings. The van der Waals surface area contributed by atoms with Crippen LogP contribution in [0, 0.1) is 5.92 Å². The Morgan fingerprint density at radius 3 is 2.29 bits per heavy atom. The van der Waals surface area contributed by atoms with Crippen molar-refractivity contribution >= 4 is 17.7 Å². The number of benzene rings is 1. The summed E-state index contributed by atoms with van der Waals surface area (Å²) in [5.74, 6) is -0.966. The number of thioether (sulfide) groups is 1. The van der Waals surface area contributed by atoms with Crippen LogP contribution in [-0.2, 0) is 11.2 Å². The van der Waals surface area contributed by atoms with Crippen LogP contribution < -0.4 is 0 Å². The third-order valence-corrected chi connectivity index (χ3v) is 3.64. The van der Waals surface area contributed by atoms with E-state index >= 15 is 0 Å². The van der Waals surface area contributed by atoms with E-state index in [4.69, 9.17) is 5.11 Å². The molecule has 0 aliphatic heterocycles. The molecule has 0 bridgehead atoms. The van der Waals surface area contributed by atoms with E-state index in [1.54, 1.807) is 0 Å². The summed E-state index contributed by atoms with van der Waals surface area (Å²) in [6.07, 6.45) is 1.30. The molecule has 0 amide bonds. The SMILES string of the molecule is CCC(Cc1ccc(SC(C)C)cc1)C(=O)O. The van der Waals surface area contributed by atoms with Crippen LogP contribution >= 0.6 is 11.8 Å². The van der Waals surface area contributed by atoms with Gasteiger partial charge in [-0.15, -0.1) is 11.8 Å². The molecule has 0 saturated carbocycles. The Kier molecular flexibility index (Phi) is 5.56. The van der Waals surface area contributed by atoms with Crippen molar-refractivity contribution in [2.75, 3.05) is 0 Å². The van der Waals surface area contributed by atoms with Crippen LogP contribution in [0.4, 0.5) is 0 Å². The molecule has 1 aromatic carbocycles. The van der Waals surface area contributed by atoms with Gasteiger partial charge in [0.2, 0.25) is 0 Å². The van der Waals surface area contributed by atoms with Gasteiger partial charge in [0.1, 0.15) is 0 Å². The van der Waals surface area contributed by atoms with E-state index in [0.717, 1.165) is 5.56 Å². The fraction of sp³-hybridized carbons (Fsp3) is 0.500. The van der Waals surface area contributed by atoms with Crippen molar-refractivity contribution in [3.63, 3.8) is 0 Å². The first-order valence-electron chi connectivity index (χ1n) is 6.01. The summed E-state index contributed by atoms with van der Waals surface area (Å²) >= 11 is 1.82. The zero-order chi connectivity index (χ0) is 12.8. The van der Waals surface area contributed by atoms with Crippen LogP contribution in [0.5, 0.6) is 0 Å². The third-order valence-electron chi connectivity index (χ3n) is 2.62. The van der Waals surface area contributed by atoms with Gasteiger partial charge in [0.15, 0.2) is 0 Å². The van der Waals surface area contributed by atoms with Crippen LogP contribution in [0.3, 0.4) is 0 Å². The molecule has 1 unspecified atom stereocenters. The molecule has 1 atom stereocenters. The monoisotopic (exact) mass is 252 g/mol. The van der Waals surface area contributed by atoms with Gasteiger partial charge in [-0.05, 0) is 30.5 Å². The van der Waals surface area contributed by atoms with Crippen LogP contribution in [0.2, 0.25) is 0 Å². The molecule has 2 nitrogen and oxygen atoms in total. The maximum absolute atomic E-state index is 10.9. The highest BCUT2D eigenvalue weighted by molar-refractivity contribution is 7.99. The number of carboxylic acids is 1. The minimum absolute atomic E-state index is 0.265. The molecule has 94 valence electrons. The van der Waals surface area contributed by atoms with E-state index in [-0.39, 0.29) is 5.92 Å². The molecule has 0 aliphatic rings. The zero-order valence-corrected chi connectivity index (χ0v) is 11.5. The summed E-state index contributed by atoms with van der Waals surface area (Å²) in [5.41, 5.74) is 1.10. The smallest absolute Gasteiger partial charge is 0.306 e. The number of rotatable bonds is 6. The molecule has 1 rings (SSSR count). The summed E-state index contributed by atoms with van der Waals surface area (Å²) in [6.45, 7) is 6.24. The lowest BCUT2D eigenvalue weighted by Crippen LogP contribution is -2.15. The van der Waals surface area contributed by atoms with Crippen LogP contribution in [0.1, 0.15) is 32.8 Å². The van der Waals surface area contributed by atoms with Gasteiger partial charge in [0, 0.05) is 10.1 Å². The van der Waals surface area contributed by atoms with Crippen molar-refractivity contribution in [3.8, 4) is 0 Å². The van der Waals surface area contributed by atoms with Gasteiger partial charge in [-0.3, -0.25) is 4.79 Å². The minimum Gasteiger partial charge on any atom is -0.481 e. The summed E-state index contributed by atoms with van der Waals surface area (Å²) in [5, 5.41) is 9.58. The van der Waals surface area contributed by atoms with E-state index in [1.165, 1.54) is 4.90 Å². The summed E-state index contributed by atoms with van der Waals surface area (Å²) < 4.78 is 0. The first-order chi connectivity index (χ1) is 8.02. The molecule has 0 aliphatic carbocycles. The highest BCUT2D eigenvalue weighted by Gasteiger charge is 2.15. The minimum atomic E-state index is -0.701. The second-order valence-corrected chi connectivity index (χ2v) is 6.11. The van der Waals surface area contributed by atoms with Gasteiger partial charge < -0.3 is 5.11 Å². The average molecular weight is 252 g/mol. The molecule has 0 saturated heterocycles. The van der Waals surface area contributed by atoms with Crippen molar-refractivity contribution in [1.82, 2.24) is 0 Å². The molecule has 1 aromatic rings. The van der Waals surface area contributed by atoms with E-state index in [0.29, 0.717) is 18.1 Å². The lowest BCUT2D eigenvalue weighted by molar-refractivity contribution is -0.141. The van der Waals surface area contributed by atoms with Gasteiger partial charge in [0.25, 0.3) is 0 Å². The zero-order valence-electron chi connectivity index (χ0n) is 10.6. The number of carbonyl (C=O) groups is 1. The normalized spacial score (nSPS) is 12.7. The molecule has 0 aromatic heterocycles. The predicted octanol–water partition coefficient (Wildman–Crippen LogP) is 3.84. The lowest BCUT2D eigenvalue weighted by atomic mass is 9.97. The summed E-state index contributed by atoms with van der Waals surface area (Å²) in [7, 11) is 0. The maximum Gasteiger partial charge on any atom is 0.306 e. The first kappa shape index (κ1) is 14.1. The van der Waals surface area contributed by atoms with Crippen molar-refractivity contribution in [2.45, 2.75) is 43.8 Å². The quantitative estimate of drug-likeness (QED) is 0.782. The maximum atomic E-state index is 10.9. The summed E-state index contributed by atoms with van der Waals surface area (Å²) in [4.78, 5) is 12.2. The number of hydrogen-bond acceptors (Lipinski definition) is 2. The standard InChI is InChI=1S/C14H20O2S/c1-4-12(14(15)16)9-11-5-7-13(8-6-11)17-10(2)3/h5-8,10,12H,4,9H2,1-3H3,(H,15,16). The second-order valence-electron chi connectivity index (χ2n) is 4.46. The van der Waals surface area contributed by atoms with Gasteiger partial charge in [0.05, 0.1) is 5.92 Å². The number of carboxylic acid groups (broad SMARTS) is 1. The van der Waals surface area contributed by atoms with Gasteiger partial charge >= 0.3 is 5.97 Å². The third kappa shape index (κ3) is 4.82. The van der Waals surface area contributed by atoms with E-state index in [2.05, 4.69) is 26.0 Å². The lowest BCUT2D eigenvalue weighted by Gasteiger charge is -2.10. The fourth-order valence-corrected chi connectivity index (χ4v) is 2.50. The summed E-state index contributed by atoms with van der Waals surface area (Å²) in [6, 6.07) is 8.23. The Morgan fingerprint density at radius 1 is 1.29 bits per heavy atom. The van der Waals surface area contributed by atoms with Gasteiger partial charge in [-0.25, -0.2) is 0 Å².